The van der Waals surface area contributed by atoms with Crippen LogP contribution in [0.15, 0.2) is 0 Å². The molecule has 3 unspecified atom stereocenters. The van der Waals surface area contributed by atoms with E-state index in [1.54, 1.807) is 0 Å². The number of unbranched alkanes of at least 4 members (excludes halogenated alkanes) is 10. The third-order valence-electron chi connectivity index (χ3n) is 6.53. The smallest absolute Gasteiger partial charge is 0.310 e. The largest absolute Gasteiger partial charge is 0.465 e. The summed E-state index contributed by atoms with van der Waals surface area (Å²) in [6.45, 7) is 7.48. The molecule has 0 aliphatic heterocycles. The summed E-state index contributed by atoms with van der Waals surface area (Å²) in [6, 6.07) is 0. The van der Waals surface area contributed by atoms with E-state index in [0.29, 0.717) is 13.2 Å². The maximum atomic E-state index is 12.9. The fourth-order valence-electron chi connectivity index (χ4n) is 4.56. The summed E-state index contributed by atoms with van der Waals surface area (Å²) in [6.07, 6.45) is 17.8. The van der Waals surface area contributed by atoms with E-state index in [-0.39, 0.29) is 29.7 Å². The first kappa shape index (κ1) is 27.0. The van der Waals surface area contributed by atoms with E-state index in [2.05, 4.69) is 20.8 Å². The van der Waals surface area contributed by atoms with Gasteiger partial charge in [-0.1, -0.05) is 97.8 Å². The topological polar surface area (TPSA) is 52.6 Å². The Hall–Kier alpha value is -1.06. The Balaban J connectivity index is 2.42. The lowest BCUT2D eigenvalue weighted by atomic mass is 9.81. The van der Waals surface area contributed by atoms with Crippen LogP contribution < -0.4 is 0 Å². The zero-order valence-electron chi connectivity index (χ0n) is 20.1. The van der Waals surface area contributed by atoms with Crippen LogP contribution >= 0.6 is 0 Å². The van der Waals surface area contributed by atoms with E-state index >= 15 is 0 Å². The molecular weight excluding hydrogens is 376 g/mol. The lowest BCUT2D eigenvalue weighted by Gasteiger charge is -2.26. The van der Waals surface area contributed by atoms with Crippen LogP contribution in [0.5, 0.6) is 0 Å². The van der Waals surface area contributed by atoms with E-state index in [0.717, 1.165) is 51.4 Å². The molecule has 0 aromatic carbocycles. The molecule has 3 atom stereocenters. The number of hydrogen-bond donors (Lipinski definition) is 0. The van der Waals surface area contributed by atoms with E-state index < -0.39 is 0 Å². The highest BCUT2D eigenvalue weighted by Gasteiger charge is 2.40. The van der Waals surface area contributed by atoms with Crippen molar-refractivity contribution >= 4 is 11.9 Å². The summed E-state index contributed by atoms with van der Waals surface area (Å²) in [7, 11) is 0. The van der Waals surface area contributed by atoms with Crippen LogP contribution in [0.3, 0.4) is 0 Å². The Morgan fingerprint density at radius 1 is 0.667 bits per heavy atom. The predicted octanol–water partition coefficient (Wildman–Crippen LogP) is 7.24. The standard InChI is InChI=1S/C26H48O4/c1-4-6-8-10-12-16-20-29-25(27)23-19-15-14-18-22(3)24(23)26(28)30-21-17-13-11-9-7-5-2/h22-24H,4-21H2,1-3H3. The minimum Gasteiger partial charge on any atom is -0.465 e. The maximum absolute atomic E-state index is 12.9. The number of carbonyl (C=O) groups is 2. The van der Waals surface area contributed by atoms with Gasteiger partial charge in [0.25, 0.3) is 0 Å². The lowest BCUT2D eigenvalue weighted by molar-refractivity contribution is -0.163. The second-order valence-electron chi connectivity index (χ2n) is 9.26. The van der Waals surface area contributed by atoms with Gasteiger partial charge in [-0.15, -0.1) is 0 Å². The molecule has 0 aromatic rings. The van der Waals surface area contributed by atoms with Crippen molar-refractivity contribution in [1.82, 2.24) is 0 Å². The van der Waals surface area contributed by atoms with Gasteiger partial charge in [0.05, 0.1) is 25.0 Å². The summed E-state index contributed by atoms with van der Waals surface area (Å²) in [5, 5.41) is 0. The van der Waals surface area contributed by atoms with Crippen molar-refractivity contribution in [2.45, 2.75) is 124 Å². The molecule has 0 aromatic heterocycles. The highest BCUT2D eigenvalue weighted by atomic mass is 16.5. The Labute approximate surface area is 185 Å². The van der Waals surface area contributed by atoms with E-state index in [1.807, 2.05) is 0 Å². The monoisotopic (exact) mass is 424 g/mol. The van der Waals surface area contributed by atoms with Gasteiger partial charge < -0.3 is 9.47 Å². The Morgan fingerprint density at radius 2 is 1.13 bits per heavy atom. The summed E-state index contributed by atoms with van der Waals surface area (Å²) in [4.78, 5) is 25.7. The zero-order valence-corrected chi connectivity index (χ0v) is 20.1. The van der Waals surface area contributed by atoms with Gasteiger partial charge in [-0.2, -0.15) is 0 Å². The van der Waals surface area contributed by atoms with E-state index in [9.17, 15) is 9.59 Å². The van der Waals surface area contributed by atoms with Crippen LogP contribution in [0.25, 0.3) is 0 Å². The molecule has 0 bridgehead atoms. The van der Waals surface area contributed by atoms with Crippen LogP contribution in [-0.2, 0) is 19.1 Å². The average Bonchev–Trinajstić information content (AvgIpc) is 2.93. The molecule has 4 heteroatoms. The molecule has 0 saturated heterocycles. The molecule has 1 saturated carbocycles. The Kier molecular flexibility index (Phi) is 15.8. The fraction of sp³-hybridized carbons (Fsp3) is 0.923. The first-order chi connectivity index (χ1) is 14.6. The van der Waals surface area contributed by atoms with Gasteiger partial charge in [0.15, 0.2) is 0 Å². The first-order valence-corrected chi connectivity index (χ1v) is 12.9. The number of rotatable bonds is 16. The van der Waals surface area contributed by atoms with E-state index in [4.69, 9.17) is 9.47 Å². The number of esters is 2. The SMILES string of the molecule is CCCCCCCCOC(=O)C1CCCCC(C)C1C(=O)OCCCCCCCC. The van der Waals surface area contributed by atoms with Gasteiger partial charge in [0, 0.05) is 0 Å². The first-order valence-electron chi connectivity index (χ1n) is 12.9. The molecule has 0 heterocycles. The average molecular weight is 425 g/mol. The molecule has 1 fully saturated rings. The van der Waals surface area contributed by atoms with Gasteiger partial charge in [-0.25, -0.2) is 0 Å². The van der Waals surface area contributed by atoms with Crippen LogP contribution in [0.4, 0.5) is 0 Å². The quantitative estimate of drug-likeness (QED) is 0.149. The molecule has 1 aliphatic carbocycles. The fourth-order valence-corrected chi connectivity index (χ4v) is 4.56. The molecule has 4 nitrogen and oxygen atoms in total. The third-order valence-corrected chi connectivity index (χ3v) is 6.53. The summed E-state index contributed by atoms with van der Waals surface area (Å²) >= 11 is 0. The van der Waals surface area contributed by atoms with Gasteiger partial charge in [-0.05, 0) is 31.6 Å². The van der Waals surface area contributed by atoms with E-state index in [1.165, 1.54) is 51.4 Å². The van der Waals surface area contributed by atoms with Crippen molar-refractivity contribution in [1.29, 1.82) is 0 Å². The number of carbonyl (C=O) groups excluding carboxylic acids is 2. The molecule has 0 amide bonds. The van der Waals surface area contributed by atoms with Crippen molar-refractivity contribution in [2.24, 2.45) is 17.8 Å². The number of ether oxygens (including phenoxy) is 2. The molecule has 0 spiro atoms. The highest BCUT2D eigenvalue weighted by molar-refractivity contribution is 5.82. The second kappa shape index (κ2) is 17.6. The zero-order chi connectivity index (χ0) is 22.0. The minimum atomic E-state index is -0.343. The van der Waals surface area contributed by atoms with Crippen LogP contribution in [0, 0.1) is 17.8 Å². The van der Waals surface area contributed by atoms with Gasteiger partial charge in [0.2, 0.25) is 0 Å². The maximum Gasteiger partial charge on any atom is 0.310 e. The minimum absolute atomic E-state index is 0.177. The highest BCUT2D eigenvalue weighted by Crippen LogP contribution is 2.35. The van der Waals surface area contributed by atoms with Gasteiger partial charge in [-0.3, -0.25) is 9.59 Å². The van der Waals surface area contributed by atoms with Crippen molar-refractivity contribution in [3.05, 3.63) is 0 Å². The summed E-state index contributed by atoms with van der Waals surface area (Å²) in [5.74, 6) is -0.862. The van der Waals surface area contributed by atoms with Gasteiger partial charge in [0.1, 0.15) is 0 Å². The van der Waals surface area contributed by atoms with Crippen molar-refractivity contribution in [3.8, 4) is 0 Å². The molecular formula is C26H48O4. The second-order valence-corrected chi connectivity index (χ2v) is 9.26. The molecule has 176 valence electrons. The molecule has 0 radical (unpaired) electrons. The van der Waals surface area contributed by atoms with Crippen molar-refractivity contribution in [3.63, 3.8) is 0 Å². The Bertz CT molecular complexity index is 448. The lowest BCUT2D eigenvalue weighted by Crippen LogP contribution is -2.36. The normalized spacial score (nSPS) is 21.8. The Morgan fingerprint density at radius 3 is 1.70 bits per heavy atom. The molecule has 1 rings (SSSR count). The predicted molar refractivity (Wildman–Crippen MR) is 123 cm³/mol. The van der Waals surface area contributed by atoms with Crippen molar-refractivity contribution < 1.29 is 19.1 Å². The van der Waals surface area contributed by atoms with Crippen LogP contribution in [0.2, 0.25) is 0 Å². The van der Waals surface area contributed by atoms with Gasteiger partial charge >= 0.3 is 11.9 Å². The van der Waals surface area contributed by atoms with Crippen LogP contribution in [-0.4, -0.2) is 25.2 Å². The van der Waals surface area contributed by atoms with Crippen LogP contribution in [0.1, 0.15) is 124 Å². The summed E-state index contributed by atoms with van der Waals surface area (Å²) < 4.78 is 11.2. The third kappa shape index (κ3) is 11.4. The van der Waals surface area contributed by atoms with Crippen molar-refractivity contribution in [2.75, 3.05) is 13.2 Å². The molecule has 1 aliphatic rings. The summed E-state index contributed by atoms with van der Waals surface area (Å²) in [5.41, 5.74) is 0. The molecule has 30 heavy (non-hydrogen) atoms. The number of hydrogen-bond acceptors (Lipinski definition) is 4. The molecule has 0 N–H and O–H groups in total.